The molecular weight excluding hydrogens is 212 g/mol. The normalized spacial score (nSPS) is 25.9. The third kappa shape index (κ3) is 3.14. The van der Waals surface area contributed by atoms with Crippen molar-refractivity contribution in [3.05, 3.63) is 0 Å². The van der Waals surface area contributed by atoms with Crippen LogP contribution in [-0.4, -0.2) is 18.1 Å². The Morgan fingerprint density at radius 2 is 1.47 bits per heavy atom. The van der Waals surface area contributed by atoms with E-state index < -0.39 is 0 Å². The number of hydrogen-bond donors (Lipinski definition) is 2. The zero-order chi connectivity index (χ0) is 11.7. The molecule has 3 saturated carbocycles. The number of carbonyl (C=O) groups is 1. The SMILES string of the molecule is O=C(NC1CCCCC1)NC(C1CC1)C1CC1. The molecule has 0 heterocycles. The molecule has 3 rings (SSSR count). The molecule has 0 aromatic rings. The molecule has 2 amide bonds. The lowest BCUT2D eigenvalue weighted by Gasteiger charge is -2.25. The van der Waals surface area contributed by atoms with Crippen molar-refractivity contribution >= 4 is 6.03 Å². The van der Waals surface area contributed by atoms with E-state index in [1.165, 1.54) is 57.8 Å². The Labute approximate surface area is 104 Å². The van der Waals surface area contributed by atoms with E-state index in [2.05, 4.69) is 10.6 Å². The average molecular weight is 236 g/mol. The van der Waals surface area contributed by atoms with Crippen molar-refractivity contribution in [2.45, 2.75) is 69.9 Å². The van der Waals surface area contributed by atoms with Gasteiger partial charge in [0.1, 0.15) is 0 Å². The van der Waals surface area contributed by atoms with E-state index in [-0.39, 0.29) is 6.03 Å². The summed E-state index contributed by atoms with van der Waals surface area (Å²) >= 11 is 0. The summed E-state index contributed by atoms with van der Waals surface area (Å²) in [6.07, 6.45) is 11.5. The largest absolute Gasteiger partial charge is 0.335 e. The van der Waals surface area contributed by atoms with E-state index in [1.54, 1.807) is 0 Å². The first-order valence-corrected chi connectivity index (χ1v) is 7.40. The Balaban J connectivity index is 1.44. The Morgan fingerprint density at radius 1 is 0.882 bits per heavy atom. The van der Waals surface area contributed by atoms with Gasteiger partial charge in [-0.05, 0) is 50.4 Å². The third-order valence-electron chi connectivity index (χ3n) is 4.50. The van der Waals surface area contributed by atoms with Crippen LogP contribution in [0.4, 0.5) is 4.79 Å². The van der Waals surface area contributed by atoms with Crippen LogP contribution in [-0.2, 0) is 0 Å². The fraction of sp³-hybridized carbons (Fsp3) is 0.929. The van der Waals surface area contributed by atoms with Gasteiger partial charge in [0.2, 0.25) is 0 Å². The molecule has 0 atom stereocenters. The summed E-state index contributed by atoms with van der Waals surface area (Å²) < 4.78 is 0. The van der Waals surface area contributed by atoms with Crippen molar-refractivity contribution in [1.29, 1.82) is 0 Å². The van der Waals surface area contributed by atoms with E-state index in [1.807, 2.05) is 0 Å². The van der Waals surface area contributed by atoms with Crippen LogP contribution in [0.1, 0.15) is 57.8 Å². The zero-order valence-electron chi connectivity index (χ0n) is 10.6. The molecule has 2 N–H and O–H groups in total. The Morgan fingerprint density at radius 3 is 2.00 bits per heavy atom. The van der Waals surface area contributed by atoms with Crippen molar-refractivity contribution in [1.82, 2.24) is 10.6 Å². The minimum absolute atomic E-state index is 0.0979. The second-order valence-electron chi connectivity index (χ2n) is 6.15. The second-order valence-corrected chi connectivity index (χ2v) is 6.15. The van der Waals surface area contributed by atoms with Crippen molar-refractivity contribution in [3.8, 4) is 0 Å². The second kappa shape index (κ2) is 4.87. The maximum absolute atomic E-state index is 12.0. The molecule has 0 radical (unpaired) electrons. The maximum atomic E-state index is 12.0. The maximum Gasteiger partial charge on any atom is 0.315 e. The number of urea groups is 1. The van der Waals surface area contributed by atoms with Gasteiger partial charge in [0.25, 0.3) is 0 Å². The fourth-order valence-electron chi connectivity index (χ4n) is 3.16. The smallest absolute Gasteiger partial charge is 0.315 e. The van der Waals surface area contributed by atoms with Gasteiger partial charge in [0.05, 0.1) is 0 Å². The predicted octanol–water partition coefficient (Wildman–Crippen LogP) is 2.81. The summed E-state index contributed by atoms with van der Waals surface area (Å²) in [4.78, 5) is 12.0. The van der Waals surface area contributed by atoms with Crippen LogP contribution in [0.15, 0.2) is 0 Å². The highest BCUT2D eigenvalue weighted by Gasteiger charge is 2.42. The van der Waals surface area contributed by atoms with Crippen molar-refractivity contribution in [3.63, 3.8) is 0 Å². The van der Waals surface area contributed by atoms with Crippen LogP contribution in [0.25, 0.3) is 0 Å². The molecule has 0 bridgehead atoms. The first-order chi connectivity index (χ1) is 8.33. The quantitative estimate of drug-likeness (QED) is 0.774. The van der Waals surface area contributed by atoms with Crippen LogP contribution in [0.3, 0.4) is 0 Å². The molecule has 3 heteroatoms. The fourth-order valence-corrected chi connectivity index (χ4v) is 3.16. The number of hydrogen-bond acceptors (Lipinski definition) is 1. The lowest BCUT2D eigenvalue weighted by Crippen LogP contribution is -2.48. The monoisotopic (exact) mass is 236 g/mol. The van der Waals surface area contributed by atoms with Gasteiger partial charge < -0.3 is 10.6 Å². The highest BCUT2D eigenvalue weighted by Crippen LogP contribution is 2.44. The first-order valence-electron chi connectivity index (χ1n) is 7.40. The molecule has 0 aromatic heterocycles. The topological polar surface area (TPSA) is 41.1 Å². The summed E-state index contributed by atoms with van der Waals surface area (Å²) in [5.41, 5.74) is 0. The van der Waals surface area contributed by atoms with Gasteiger partial charge in [0.15, 0.2) is 0 Å². The number of amides is 2. The average Bonchev–Trinajstić information content (AvgIpc) is 3.19. The third-order valence-corrected chi connectivity index (χ3v) is 4.50. The highest BCUT2D eigenvalue weighted by atomic mass is 16.2. The summed E-state index contributed by atoms with van der Waals surface area (Å²) in [5.74, 6) is 1.58. The zero-order valence-corrected chi connectivity index (χ0v) is 10.6. The number of rotatable bonds is 4. The van der Waals surface area contributed by atoms with Gasteiger partial charge in [0, 0.05) is 12.1 Å². The molecule has 17 heavy (non-hydrogen) atoms. The van der Waals surface area contributed by atoms with Crippen LogP contribution in [0, 0.1) is 11.8 Å². The predicted molar refractivity (Wildman–Crippen MR) is 67.8 cm³/mol. The minimum atomic E-state index is 0.0979. The van der Waals surface area contributed by atoms with Gasteiger partial charge in [-0.25, -0.2) is 4.79 Å². The van der Waals surface area contributed by atoms with Crippen LogP contribution in [0.2, 0.25) is 0 Å². The molecule has 96 valence electrons. The first kappa shape index (κ1) is 11.4. The number of nitrogens with one attached hydrogen (secondary N) is 2. The molecule has 0 spiro atoms. The Kier molecular flexibility index (Phi) is 3.26. The van der Waals surface area contributed by atoms with E-state index in [9.17, 15) is 4.79 Å². The van der Waals surface area contributed by atoms with Crippen LogP contribution >= 0.6 is 0 Å². The summed E-state index contributed by atoms with van der Waals surface area (Å²) in [6.45, 7) is 0. The molecule has 3 nitrogen and oxygen atoms in total. The van der Waals surface area contributed by atoms with E-state index in [0.29, 0.717) is 12.1 Å². The van der Waals surface area contributed by atoms with Gasteiger partial charge in [-0.2, -0.15) is 0 Å². The summed E-state index contributed by atoms with van der Waals surface area (Å²) in [7, 11) is 0. The summed E-state index contributed by atoms with van der Waals surface area (Å²) in [6, 6.07) is 1.02. The Bertz CT molecular complexity index is 266. The van der Waals surface area contributed by atoms with Gasteiger partial charge in [-0.1, -0.05) is 19.3 Å². The van der Waals surface area contributed by atoms with Crippen LogP contribution < -0.4 is 10.6 Å². The van der Waals surface area contributed by atoms with Gasteiger partial charge >= 0.3 is 6.03 Å². The minimum Gasteiger partial charge on any atom is -0.335 e. The molecule has 3 aliphatic carbocycles. The molecule has 3 aliphatic rings. The van der Waals surface area contributed by atoms with E-state index in [4.69, 9.17) is 0 Å². The molecule has 0 aromatic carbocycles. The highest BCUT2D eigenvalue weighted by molar-refractivity contribution is 5.74. The standard InChI is InChI=1S/C14H24N2O/c17-14(15-12-4-2-1-3-5-12)16-13(10-6-7-10)11-8-9-11/h10-13H,1-9H2,(H2,15,16,17). The van der Waals surface area contributed by atoms with Crippen molar-refractivity contribution in [2.75, 3.05) is 0 Å². The molecular formula is C14H24N2O. The molecule has 3 fully saturated rings. The number of carbonyl (C=O) groups excluding carboxylic acids is 1. The van der Waals surface area contributed by atoms with Gasteiger partial charge in [-0.3, -0.25) is 0 Å². The van der Waals surface area contributed by atoms with Crippen molar-refractivity contribution in [2.24, 2.45) is 11.8 Å². The molecule has 0 saturated heterocycles. The van der Waals surface area contributed by atoms with E-state index in [0.717, 1.165) is 11.8 Å². The molecule has 0 unspecified atom stereocenters. The van der Waals surface area contributed by atoms with Crippen molar-refractivity contribution < 1.29 is 4.79 Å². The van der Waals surface area contributed by atoms with Gasteiger partial charge in [-0.15, -0.1) is 0 Å². The lowest BCUT2D eigenvalue weighted by atomic mass is 9.96. The van der Waals surface area contributed by atoms with Crippen LogP contribution in [0.5, 0.6) is 0 Å². The van der Waals surface area contributed by atoms with E-state index >= 15 is 0 Å². The Hall–Kier alpha value is -0.730. The summed E-state index contributed by atoms with van der Waals surface area (Å²) in [5, 5.41) is 6.40. The molecule has 0 aliphatic heterocycles. The lowest BCUT2D eigenvalue weighted by molar-refractivity contribution is 0.225.